The van der Waals surface area contributed by atoms with Crippen LogP contribution in [-0.2, 0) is 4.74 Å². The molecule has 1 aromatic carbocycles. The molecule has 1 N–H and O–H groups in total. The third kappa shape index (κ3) is 4.76. The molecule has 13 heavy (non-hydrogen) atoms. The van der Waals surface area contributed by atoms with E-state index in [0.717, 1.165) is 13.2 Å². The Morgan fingerprint density at radius 2 is 1.62 bits per heavy atom. The molecule has 0 saturated carbocycles. The molecule has 2 rings (SSSR count). The first-order valence-corrected chi connectivity index (χ1v) is 4.69. The fourth-order valence-corrected chi connectivity index (χ4v) is 1.08. The highest BCUT2D eigenvalue weighted by molar-refractivity contribution is 6.30. The summed E-state index contributed by atoms with van der Waals surface area (Å²) in [5, 5.41) is 9.34. The van der Waals surface area contributed by atoms with Crippen LogP contribution in [0.2, 0.25) is 5.02 Å². The van der Waals surface area contributed by atoms with E-state index in [0.29, 0.717) is 5.02 Å². The molecule has 1 fully saturated rings. The molecule has 0 amide bonds. The molecule has 72 valence electrons. The maximum Gasteiger partial charge on any atom is 0.115 e. The van der Waals surface area contributed by atoms with Gasteiger partial charge in [0.15, 0.2) is 0 Å². The van der Waals surface area contributed by atoms with E-state index in [1.54, 1.807) is 24.3 Å². The summed E-state index contributed by atoms with van der Waals surface area (Å²) in [5.41, 5.74) is 0. The van der Waals surface area contributed by atoms with Gasteiger partial charge in [-0.2, -0.15) is 0 Å². The Hall–Kier alpha value is -0.730. The Balaban J connectivity index is 0.000000145. The van der Waals surface area contributed by atoms with Crippen LogP contribution < -0.4 is 0 Å². The molecule has 1 aliphatic heterocycles. The number of ether oxygens (including phenoxy) is 1. The lowest BCUT2D eigenvalue weighted by Crippen LogP contribution is -1.74. The Kier molecular flexibility index (Phi) is 4.65. The molecule has 0 aliphatic carbocycles. The molecular formula is C10H13ClO2. The minimum absolute atomic E-state index is 0.245. The van der Waals surface area contributed by atoms with E-state index < -0.39 is 0 Å². The highest BCUT2D eigenvalue weighted by atomic mass is 35.5. The molecule has 1 aromatic rings. The molecule has 0 atom stereocenters. The Morgan fingerprint density at radius 1 is 1.08 bits per heavy atom. The zero-order valence-corrected chi connectivity index (χ0v) is 8.13. The largest absolute Gasteiger partial charge is 0.508 e. The van der Waals surface area contributed by atoms with Crippen molar-refractivity contribution in [2.24, 2.45) is 0 Å². The predicted molar refractivity (Wildman–Crippen MR) is 53.2 cm³/mol. The molecule has 1 aliphatic rings. The Bertz CT molecular complexity index is 201. The number of phenols is 1. The molecule has 1 saturated heterocycles. The molecule has 0 radical (unpaired) electrons. The van der Waals surface area contributed by atoms with Crippen molar-refractivity contribution in [1.29, 1.82) is 0 Å². The van der Waals surface area contributed by atoms with Crippen molar-refractivity contribution in [1.82, 2.24) is 0 Å². The number of benzene rings is 1. The fourth-order valence-electron chi connectivity index (χ4n) is 0.951. The van der Waals surface area contributed by atoms with Crippen LogP contribution in [0.4, 0.5) is 0 Å². The van der Waals surface area contributed by atoms with Crippen molar-refractivity contribution in [2.45, 2.75) is 12.8 Å². The molecule has 3 heteroatoms. The van der Waals surface area contributed by atoms with Gasteiger partial charge in [-0.1, -0.05) is 11.6 Å². The van der Waals surface area contributed by atoms with Crippen molar-refractivity contribution in [3.8, 4) is 5.75 Å². The summed E-state index contributed by atoms with van der Waals surface area (Å²) < 4.78 is 4.94. The van der Waals surface area contributed by atoms with E-state index in [1.807, 2.05) is 0 Å². The highest BCUT2D eigenvalue weighted by Crippen LogP contribution is 2.12. The molecule has 0 spiro atoms. The van der Waals surface area contributed by atoms with Crippen LogP contribution in [-0.4, -0.2) is 18.3 Å². The highest BCUT2D eigenvalue weighted by Gasteiger charge is 1.94. The Labute approximate surface area is 83.1 Å². The van der Waals surface area contributed by atoms with E-state index in [9.17, 15) is 0 Å². The summed E-state index contributed by atoms with van der Waals surface area (Å²) in [7, 11) is 0. The van der Waals surface area contributed by atoms with Crippen LogP contribution in [0.1, 0.15) is 12.8 Å². The zero-order chi connectivity index (χ0) is 9.52. The zero-order valence-electron chi connectivity index (χ0n) is 7.37. The van der Waals surface area contributed by atoms with E-state index in [4.69, 9.17) is 21.4 Å². The number of aromatic hydroxyl groups is 1. The van der Waals surface area contributed by atoms with Crippen LogP contribution in [0, 0.1) is 0 Å². The van der Waals surface area contributed by atoms with Gasteiger partial charge in [0.25, 0.3) is 0 Å². The van der Waals surface area contributed by atoms with E-state index in [2.05, 4.69) is 0 Å². The van der Waals surface area contributed by atoms with Crippen LogP contribution >= 0.6 is 11.6 Å². The number of hydrogen-bond donors (Lipinski definition) is 1. The minimum Gasteiger partial charge on any atom is -0.508 e. The number of halogens is 1. The molecule has 2 nitrogen and oxygen atoms in total. The summed E-state index contributed by atoms with van der Waals surface area (Å²) in [6, 6.07) is 6.36. The minimum atomic E-state index is 0.245. The van der Waals surface area contributed by atoms with Gasteiger partial charge in [0.05, 0.1) is 0 Å². The van der Waals surface area contributed by atoms with Crippen molar-refractivity contribution in [2.75, 3.05) is 13.2 Å². The quantitative estimate of drug-likeness (QED) is 0.698. The van der Waals surface area contributed by atoms with E-state index >= 15 is 0 Å². The van der Waals surface area contributed by atoms with Crippen LogP contribution in [0.25, 0.3) is 0 Å². The van der Waals surface area contributed by atoms with Gasteiger partial charge in [-0.15, -0.1) is 0 Å². The van der Waals surface area contributed by atoms with E-state index in [-0.39, 0.29) is 5.75 Å². The third-order valence-electron chi connectivity index (χ3n) is 1.65. The molecular weight excluding hydrogens is 188 g/mol. The first kappa shape index (κ1) is 10.4. The van der Waals surface area contributed by atoms with E-state index in [1.165, 1.54) is 12.8 Å². The second-order valence-corrected chi connectivity index (χ2v) is 3.23. The van der Waals surface area contributed by atoms with Gasteiger partial charge in [0.2, 0.25) is 0 Å². The number of phenolic OH excluding ortho intramolecular Hbond substituents is 1. The lowest BCUT2D eigenvalue weighted by Gasteiger charge is -1.87. The van der Waals surface area contributed by atoms with Crippen molar-refractivity contribution in [3.05, 3.63) is 29.3 Å². The SMILES string of the molecule is C1CCOC1.Oc1ccc(Cl)cc1. The molecule has 1 heterocycles. The van der Waals surface area contributed by atoms with Crippen molar-refractivity contribution in [3.63, 3.8) is 0 Å². The van der Waals surface area contributed by atoms with Gasteiger partial charge < -0.3 is 9.84 Å². The average molecular weight is 201 g/mol. The maximum absolute atomic E-state index is 8.70. The third-order valence-corrected chi connectivity index (χ3v) is 1.91. The van der Waals surface area contributed by atoms with Crippen LogP contribution in [0.3, 0.4) is 0 Å². The van der Waals surface area contributed by atoms with Crippen molar-refractivity contribution < 1.29 is 9.84 Å². The predicted octanol–water partition coefficient (Wildman–Crippen LogP) is 2.84. The van der Waals surface area contributed by atoms with Gasteiger partial charge >= 0.3 is 0 Å². The normalized spacial score (nSPS) is 14.8. The summed E-state index contributed by atoms with van der Waals surface area (Å²) in [6.45, 7) is 2.00. The first-order valence-electron chi connectivity index (χ1n) is 4.31. The average Bonchev–Trinajstić information content (AvgIpc) is 2.68. The summed E-state index contributed by atoms with van der Waals surface area (Å²) >= 11 is 5.50. The van der Waals surface area contributed by atoms with Gasteiger partial charge in [0.1, 0.15) is 5.75 Å². The van der Waals surface area contributed by atoms with Crippen LogP contribution in [0.5, 0.6) is 5.75 Å². The molecule has 0 aromatic heterocycles. The monoisotopic (exact) mass is 200 g/mol. The Morgan fingerprint density at radius 3 is 1.92 bits per heavy atom. The fraction of sp³-hybridized carbons (Fsp3) is 0.400. The second-order valence-electron chi connectivity index (χ2n) is 2.80. The van der Waals surface area contributed by atoms with Gasteiger partial charge in [-0.3, -0.25) is 0 Å². The first-order chi connectivity index (χ1) is 6.29. The number of rotatable bonds is 0. The van der Waals surface area contributed by atoms with Crippen molar-refractivity contribution >= 4 is 11.6 Å². The summed E-state index contributed by atoms with van der Waals surface area (Å²) in [4.78, 5) is 0. The lowest BCUT2D eigenvalue weighted by atomic mass is 10.3. The smallest absolute Gasteiger partial charge is 0.115 e. The topological polar surface area (TPSA) is 29.5 Å². The van der Waals surface area contributed by atoms with Gasteiger partial charge in [-0.05, 0) is 37.1 Å². The summed E-state index contributed by atoms with van der Waals surface area (Å²) in [5.74, 6) is 0.245. The molecule has 0 bridgehead atoms. The molecule has 0 unspecified atom stereocenters. The van der Waals surface area contributed by atoms with Gasteiger partial charge in [-0.25, -0.2) is 0 Å². The lowest BCUT2D eigenvalue weighted by molar-refractivity contribution is 0.198. The second kappa shape index (κ2) is 5.84. The van der Waals surface area contributed by atoms with Gasteiger partial charge in [0, 0.05) is 18.2 Å². The standard InChI is InChI=1S/C6H5ClO.C4H8O/c7-5-1-3-6(8)4-2-5;1-2-4-5-3-1/h1-4,8H;1-4H2. The van der Waals surface area contributed by atoms with Crippen LogP contribution in [0.15, 0.2) is 24.3 Å². The maximum atomic E-state index is 8.70. The summed E-state index contributed by atoms with van der Waals surface area (Å²) in [6.07, 6.45) is 2.56. The number of hydrogen-bond acceptors (Lipinski definition) is 2.